The highest BCUT2D eigenvalue weighted by molar-refractivity contribution is 6.79. The molecule has 0 bridgehead atoms. The zero-order valence-electron chi connectivity index (χ0n) is 10.0. The van der Waals surface area contributed by atoms with Crippen LogP contribution in [0.1, 0.15) is 13.8 Å². The molecule has 0 aliphatic rings. The predicted molar refractivity (Wildman–Crippen MR) is 66.6 cm³/mol. The first-order chi connectivity index (χ1) is 5.78. The summed E-state index contributed by atoms with van der Waals surface area (Å²) in [6.07, 6.45) is 0. The van der Waals surface area contributed by atoms with Crippen LogP contribution in [-0.4, -0.2) is 26.6 Å². The van der Waals surface area contributed by atoms with E-state index in [-0.39, 0.29) is 0 Å². The van der Waals surface area contributed by atoms with Crippen LogP contribution in [0.4, 0.5) is 0 Å². The van der Waals surface area contributed by atoms with Crippen LogP contribution in [0.3, 0.4) is 0 Å². The van der Waals surface area contributed by atoms with E-state index in [1.807, 2.05) is 0 Å². The predicted octanol–water partition coefficient (Wildman–Crippen LogP) is 2.47. The van der Waals surface area contributed by atoms with E-state index >= 15 is 0 Å². The molecule has 0 amide bonds. The van der Waals surface area contributed by atoms with Crippen LogP contribution in [0.2, 0.25) is 38.3 Å². The zero-order valence-corrected chi connectivity index (χ0v) is 13.4. The molecule has 0 saturated carbocycles. The summed E-state index contributed by atoms with van der Waals surface area (Å²) in [5, 5.41) is 0. The quantitative estimate of drug-likeness (QED) is 0.683. The van der Waals surface area contributed by atoms with Gasteiger partial charge in [-0.1, -0.05) is 13.8 Å². The van der Waals surface area contributed by atoms with Crippen molar-refractivity contribution in [2.24, 2.45) is 0 Å². The normalized spacial score (nSPS) is 13.4. The fraction of sp³-hybridized carbons (Fsp3) is 1.00. The van der Waals surface area contributed by atoms with Gasteiger partial charge in [0, 0.05) is 0 Å². The molecule has 0 atom stereocenters. The Bertz CT molecular complexity index is 138. The van der Waals surface area contributed by atoms with E-state index in [0.717, 1.165) is 0 Å². The molecule has 0 fully saturated rings. The maximum absolute atomic E-state index is 6.10. The first-order valence-corrected chi connectivity index (χ1v) is 13.1. The highest BCUT2D eigenvalue weighted by Gasteiger charge is 2.36. The van der Waals surface area contributed by atoms with Crippen molar-refractivity contribution >= 4 is 26.6 Å². The Hall–Kier alpha value is 0.571. The van der Waals surface area contributed by atoms with Gasteiger partial charge in [0.1, 0.15) is 0 Å². The maximum Gasteiger partial charge on any atom is 0.316 e. The van der Waals surface area contributed by atoms with Crippen molar-refractivity contribution in [2.75, 3.05) is 0 Å². The van der Waals surface area contributed by atoms with Gasteiger partial charge >= 0.3 is 8.56 Å². The van der Waals surface area contributed by atoms with E-state index in [9.17, 15) is 0 Å². The largest absolute Gasteiger partial charge is 0.439 e. The smallest absolute Gasteiger partial charge is 0.316 e. The van der Waals surface area contributed by atoms with Gasteiger partial charge in [0.05, 0.1) is 0 Å². The van der Waals surface area contributed by atoms with Crippen LogP contribution in [0.5, 0.6) is 0 Å². The Morgan fingerprint density at radius 1 is 0.923 bits per heavy atom. The Kier molecular flexibility index (Phi) is 5.69. The third-order valence-corrected chi connectivity index (χ3v) is 11.6. The minimum absolute atomic E-state index is 0.567. The summed E-state index contributed by atoms with van der Waals surface area (Å²) >= 11 is 0. The van der Waals surface area contributed by atoms with E-state index in [1.54, 1.807) is 0 Å². The van der Waals surface area contributed by atoms with Crippen molar-refractivity contribution in [3.8, 4) is 0 Å². The van der Waals surface area contributed by atoms with Crippen LogP contribution in [0, 0.1) is 0 Å². The first kappa shape index (κ1) is 13.6. The van der Waals surface area contributed by atoms with Gasteiger partial charge in [-0.05, 0) is 38.3 Å². The fourth-order valence-corrected chi connectivity index (χ4v) is 11.6. The molecule has 13 heavy (non-hydrogen) atoms. The molecule has 0 aliphatic carbocycles. The first-order valence-electron chi connectivity index (χ1n) is 5.13. The molecule has 0 saturated heterocycles. The number of hydrogen-bond donors (Lipinski definition) is 0. The topological polar surface area (TPSA) is 18.5 Å². The van der Waals surface area contributed by atoms with Crippen molar-refractivity contribution in [3.63, 3.8) is 0 Å². The summed E-state index contributed by atoms with van der Waals surface area (Å²) in [6.45, 7) is 15.5. The minimum atomic E-state index is -1.83. The number of hydrogen-bond acceptors (Lipinski definition) is 2. The lowest BCUT2D eigenvalue weighted by atomic mass is 10.6. The Labute approximate surface area is 87.4 Å². The molecule has 0 aliphatic heterocycles. The van der Waals surface area contributed by atoms with Crippen molar-refractivity contribution < 1.29 is 8.23 Å². The average molecular weight is 237 g/mol. The standard InChI is InChI=1S/C8H24O2Si3/c1-8(2)13(7,9-11(3)4)10-12(5)6/h8,11-12H,1-7H3. The molecule has 80 valence electrons. The maximum atomic E-state index is 6.10. The summed E-state index contributed by atoms with van der Waals surface area (Å²) in [5.41, 5.74) is 0.567. The monoisotopic (exact) mass is 236 g/mol. The third-order valence-electron chi connectivity index (χ3n) is 1.99. The summed E-state index contributed by atoms with van der Waals surface area (Å²) in [5.74, 6) is 0. The lowest BCUT2D eigenvalue weighted by Crippen LogP contribution is -2.47. The minimum Gasteiger partial charge on any atom is -0.439 e. The van der Waals surface area contributed by atoms with Gasteiger partial charge in [0.15, 0.2) is 18.1 Å². The van der Waals surface area contributed by atoms with Gasteiger partial charge < -0.3 is 8.23 Å². The molecule has 5 heteroatoms. The van der Waals surface area contributed by atoms with Crippen LogP contribution >= 0.6 is 0 Å². The Morgan fingerprint density at radius 3 is 1.38 bits per heavy atom. The SMILES string of the molecule is CC(C)[Si](C)(O[SiH](C)C)O[SiH](C)C. The Morgan fingerprint density at radius 2 is 1.23 bits per heavy atom. The third kappa shape index (κ3) is 5.12. The van der Waals surface area contributed by atoms with Crippen molar-refractivity contribution in [3.05, 3.63) is 0 Å². The highest BCUT2D eigenvalue weighted by atomic mass is 28.5. The van der Waals surface area contributed by atoms with Gasteiger partial charge in [-0.3, -0.25) is 0 Å². The summed E-state index contributed by atoms with van der Waals surface area (Å²) in [4.78, 5) is 0. The van der Waals surface area contributed by atoms with Crippen LogP contribution in [0.25, 0.3) is 0 Å². The second-order valence-electron chi connectivity index (χ2n) is 4.50. The van der Waals surface area contributed by atoms with Crippen molar-refractivity contribution in [2.45, 2.75) is 52.1 Å². The summed E-state index contributed by atoms with van der Waals surface area (Å²) < 4.78 is 12.2. The second kappa shape index (κ2) is 5.45. The van der Waals surface area contributed by atoms with Crippen molar-refractivity contribution in [1.82, 2.24) is 0 Å². The second-order valence-corrected chi connectivity index (χ2v) is 13.8. The molecular formula is C8H24O2Si3. The van der Waals surface area contributed by atoms with Gasteiger partial charge in [0.25, 0.3) is 0 Å². The van der Waals surface area contributed by atoms with Crippen LogP contribution in [-0.2, 0) is 8.23 Å². The highest BCUT2D eigenvalue weighted by Crippen LogP contribution is 2.24. The van der Waals surface area contributed by atoms with Crippen molar-refractivity contribution in [1.29, 1.82) is 0 Å². The van der Waals surface area contributed by atoms with E-state index in [1.165, 1.54) is 0 Å². The molecule has 0 aromatic rings. The van der Waals surface area contributed by atoms with Gasteiger partial charge in [0.2, 0.25) is 0 Å². The lowest BCUT2D eigenvalue weighted by Gasteiger charge is -2.34. The van der Waals surface area contributed by atoms with E-state index < -0.39 is 26.6 Å². The molecule has 0 N–H and O–H groups in total. The fourth-order valence-electron chi connectivity index (χ4n) is 1.24. The van der Waals surface area contributed by atoms with Gasteiger partial charge in [-0.15, -0.1) is 0 Å². The molecule has 0 heterocycles. The van der Waals surface area contributed by atoms with E-state index in [4.69, 9.17) is 8.23 Å². The van der Waals surface area contributed by atoms with E-state index in [2.05, 4.69) is 46.6 Å². The lowest BCUT2D eigenvalue weighted by molar-refractivity contribution is 0.388. The summed E-state index contributed by atoms with van der Waals surface area (Å²) in [7, 11) is -3.73. The van der Waals surface area contributed by atoms with Crippen LogP contribution < -0.4 is 0 Å². The molecular weight excluding hydrogens is 212 g/mol. The van der Waals surface area contributed by atoms with E-state index in [0.29, 0.717) is 5.54 Å². The molecule has 0 unspecified atom stereocenters. The zero-order chi connectivity index (χ0) is 10.6. The van der Waals surface area contributed by atoms with Gasteiger partial charge in [-0.25, -0.2) is 0 Å². The molecule has 0 aromatic heterocycles. The molecule has 0 spiro atoms. The molecule has 0 rings (SSSR count). The van der Waals surface area contributed by atoms with Crippen LogP contribution in [0.15, 0.2) is 0 Å². The molecule has 0 aromatic carbocycles. The summed E-state index contributed by atoms with van der Waals surface area (Å²) in [6, 6.07) is 0. The molecule has 0 radical (unpaired) electrons. The number of rotatable bonds is 5. The Balaban J connectivity index is 4.34. The van der Waals surface area contributed by atoms with Gasteiger partial charge in [-0.2, -0.15) is 0 Å². The molecule has 2 nitrogen and oxygen atoms in total. The average Bonchev–Trinajstić information content (AvgIpc) is 1.82.